The summed E-state index contributed by atoms with van der Waals surface area (Å²) in [6.07, 6.45) is 0. The van der Waals surface area contributed by atoms with E-state index in [0.717, 1.165) is 22.2 Å². The molecule has 2 heterocycles. The van der Waals surface area contributed by atoms with E-state index in [4.69, 9.17) is 21.1 Å². The lowest BCUT2D eigenvalue weighted by Crippen LogP contribution is -2.11. The number of nitrogens with one attached hydrogen (secondary N) is 2. The van der Waals surface area contributed by atoms with Gasteiger partial charge in [0.05, 0.1) is 28.1 Å². The van der Waals surface area contributed by atoms with Crippen LogP contribution in [-0.4, -0.2) is 30.1 Å². The number of carbonyl (C=O) groups is 1. The maximum atomic E-state index is 13.0. The molecule has 0 atom stereocenters. The van der Waals surface area contributed by atoms with Gasteiger partial charge in [0.25, 0.3) is 5.91 Å². The summed E-state index contributed by atoms with van der Waals surface area (Å²) in [5.74, 6) is 0.684. The highest BCUT2D eigenvalue weighted by Gasteiger charge is 2.21. The number of thiophene rings is 1. The van der Waals surface area contributed by atoms with Crippen LogP contribution in [0.15, 0.2) is 48.5 Å². The number of rotatable bonds is 8. The number of nitrogens with zero attached hydrogens (tertiary/aromatic N) is 2. The Hall–Kier alpha value is -3.20. The number of hydrogen-bond acceptors (Lipinski definition) is 7. The lowest BCUT2D eigenvalue weighted by Gasteiger charge is -2.11. The van der Waals surface area contributed by atoms with Crippen molar-refractivity contribution in [2.45, 2.75) is 20.1 Å². The van der Waals surface area contributed by atoms with Gasteiger partial charge in [-0.1, -0.05) is 41.9 Å². The highest BCUT2D eigenvalue weighted by molar-refractivity contribution is 7.20. The maximum absolute atomic E-state index is 13.0. The van der Waals surface area contributed by atoms with Crippen LogP contribution in [0.3, 0.4) is 0 Å². The molecule has 0 aliphatic rings. The molecule has 170 valence electrons. The van der Waals surface area contributed by atoms with E-state index < -0.39 is 0 Å². The van der Waals surface area contributed by atoms with Crippen molar-refractivity contribution in [3.63, 3.8) is 0 Å². The van der Waals surface area contributed by atoms with Gasteiger partial charge in [0.2, 0.25) is 5.88 Å². The highest BCUT2D eigenvalue weighted by atomic mass is 35.5. The van der Waals surface area contributed by atoms with Crippen molar-refractivity contribution in [1.82, 2.24) is 9.97 Å². The second-order valence-corrected chi connectivity index (χ2v) is 8.71. The fourth-order valence-electron chi connectivity index (χ4n) is 3.42. The minimum Gasteiger partial charge on any atom is -0.480 e. The normalized spacial score (nSPS) is 10.9. The molecule has 0 spiro atoms. The molecule has 0 bridgehead atoms. The molecule has 0 aliphatic carbocycles. The van der Waals surface area contributed by atoms with E-state index in [-0.39, 0.29) is 12.5 Å². The minimum atomic E-state index is -0.244. The Morgan fingerprint density at radius 2 is 1.91 bits per heavy atom. The van der Waals surface area contributed by atoms with E-state index >= 15 is 0 Å². The zero-order chi connectivity index (χ0) is 23.4. The summed E-state index contributed by atoms with van der Waals surface area (Å²) in [5.41, 5.74) is 3.31. The van der Waals surface area contributed by atoms with Gasteiger partial charge in [-0.05, 0) is 36.2 Å². The van der Waals surface area contributed by atoms with Gasteiger partial charge in [0.1, 0.15) is 11.4 Å². The predicted octanol–water partition coefficient (Wildman–Crippen LogP) is 5.67. The summed E-state index contributed by atoms with van der Waals surface area (Å²) in [6.45, 7) is 2.77. The summed E-state index contributed by atoms with van der Waals surface area (Å²) < 4.78 is 10.6. The zero-order valence-electron chi connectivity index (χ0n) is 18.4. The van der Waals surface area contributed by atoms with Crippen LogP contribution in [0.5, 0.6) is 5.88 Å². The molecule has 0 aliphatic heterocycles. The number of anilines is 2. The lowest BCUT2D eigenvalue weighted by atomic mass is 10.2. The van der Waals surface area contributed by atoms with Crippen molar-refractivity contribution in [3.05, 3.63) is 75.4 Å². The van der Waals surface area contributed by atoms with E-state index in [1.807, 2.05) is 49.4 Å². The van der Waals surface area contributed by atoms with E-state index in [9.17, 15) is 4.79 Å². The van der Waals surface area contributed by atoms with E-state index in [0.29, 0.717) is 38.7 Å². The molecule has 0 saturated carbocycles. The Morgan fingerprint density at radius 1 is 1.12 bits per heavy atom. The Labute approximate surface area is 200 Å². The van der Waals surface area contributed by atoms with Crippen LogP contribution in [0.2, 0.25) is 5.02 Å². The Morgan fingerprint density at radius 3 is 2.61 bits per heavy atom. The van der Waals surface area contributed by atoms with Crippen molar-refractivity contribution in [1.29, 1.82) is 0 Å². The first kappa shape index (κ1) is 23.0. The molecular formula is C24H23ClN4O3S. The Bertz CT molecular complexity index is 1290. The highest BCUT2D eigenvalue weighted by Crippen LogP contribution is 2.35. The molecule has 2 aromatic carbocycles. The predicted molar refractivity (Wildman–Crippen MR) is 133 cm³/mol. The zero-order valence-corrected chi connectivity index (χ0v) is 20.0. The van der Waals surface area contributed by atoms with Crippen molar-refractivity contribution < 1.29 is 14.3 Å². The molecule has 9 heteroatoms. The summed E-state index contributed by atoms with van der Waals surface area (Å²) in [5, 5.41) is 7.49. The van der Waals surface area contributed by atoms with Crippen LogP contribution in [0.4, 0.5) is 11.4 Å². The number of aromatic nitrogens is 2. The van der Waals surface area contributed by atoms with Crippen LogP contribution in [0.1, 0.15) is 26.6 Å². The number of aryl methyl sites for hydroxylation is 1. The number of ether oxygens (including phenoxy) is 2. The van der Waals surface area contributed by atoms with Gasteiger partial charge in [-0.2, -0.15) is 4.98 Å². The topological polar surface area (TPSA) is 85.4 Å². The third-order valence-corrected chi connectivity index (χ3v) is 6.53. The van der Waals surface area contributed by atoms with Gasteiger partial charge in [0, 0.05) is 19.3 Å². The first-order valence-corrected chi connectivity index (χ1v) is 11.4. The molecule has 7 nitrogen and oxygen atoms in total. The number of fused-ring (bicyclic) bond motifs is 1. The van der Waals surface area contributed by atoms with Crippen molar-refractivity contribution in [3.8, 4) is 5.88 Å². The van der Waals surface area contributed by atoms with Gasteiger partial charge < -0.3 is 20.1 Å². The fourth-order valence-corrected chi connectivity index (χ4v) is 4.75. The van der Waals surface area contributed by atoms with Crippen LogP contribution < -0.4 is 15.4 Å². The van der Waals surface area contributed by atoms with E-state index in [2.05, 4.69) is 20.6 Å². The van der Waals surface area contributed by atoms with Crippen molar-refractivity contribution >= 4 is 50.4 Å². The molecule has 33 heavy (non-hydrogen) atoms. The first-order chi connectivity index (χ1) is 16.0. The number of carbonyl (C=O) groups excluding carboxylic acids is 1. The third kappa shape index (κ3) is 5.08. The van der Waals surface area contributed by atoms with Gasteiger partial charge in [0.15, 0.2) is 5.82 Å². The Balaban J connectivity index is 1.53. The molecule has 0 fully saturated rings. The number of halogens is 1. The van der Waals surface area contributed by atoms with Crippen LogP contribution >= 0.6 is 22.9 Å². The summed E-state index contributed by atoms with van der Waals surface area (Å²) in [4.78, 5) is 23.1. The largest absolute Gasteiger partial charge is 0.480 e. The van der Waals surface area contributed by atoms with Gasteiger partial charge in [-0.25, -0.2) is 4.98 Å². The molecule has 0 saturated heterocycles. The quantitative estimate of drug-likeness (QED) is 0.336. The monoisotopic (exact) mass is 482 g/mol. The van der Waals surface area contributed by atoms with Crippen LogP contribution in [-0.2, 0) is 17.9 Å². The second kappa shape index (κ2) is 10.2. The van der Waals surface area contributed by atoms with Crippen molar-refractivity contribution in [2.24, 2.45) is 0 Å². The number of benzene rings is 2. The Kier molecular flexibility index (Phi) is 7.08. The number of hydrogen-bond donors (Lipinski definition) is 2. The van der Waals surface area contributed by atoms with Gasteiger partial charge in [-0.3, -0.25) is 4.79 Å². The van der Waals surface area contributed by atoms with Crippen LogP contribution in [0, 0.1) is 6.92 Å². The lowest BCUT2D eigenvalue weighted by molar-refractivity contribution is 0.103. The number of amides is 1. The summed E-state index contributed by atoms with van der Waals surface area (Å²) in [6, 6.07) is 15.4. The third-order valence-electron chi connectivity index (χ3n) is 5.03. The molecule has 4 aromatic rings. The van der Waals surface area contributed by atoms with Crippen LogP contribution in [0.25, 0.3) is 10.2 Å². The fraction of sp³-hybridized carbons (Fsp3) is 0.208. The second-order valence-electron chi connectivity index (χ2n) is 7.31. The average molecular weight is 483 g/mol. The first-order valence-electron chi connectivity index (χ1n) is 10.2. The standard InChI is InChI=1S/C24H23ClN4O3S/c1-14-20-23(32-3)28-19(13-31-2)29-24(20)33-21(14)22(30)27-16-9-10-18(17(25)11-16)26-12-15-7-5-4-6-8-15/h4-11,26H,12-13H2,1-3H3,(H,27,30). The summed E-state index contributed by atoms with van der Waals surface area (Å²) >= 11 is 7.74. The minimum absolute atomic E-state index is 0.244. The SMILES string of the molecule is COCc1nc(OC)c2c(C)c(C(=O)Nc3ccc(NCc4ccccc4)c(Cl)c3)sc2n1. The molecule has 0 unspecified atom stereocenters. The molecule has 2 aromatic heterocycles. The van der Waals surface area contributed by atoms with Crippen molar-refractivity contribution in [2.75, 3.05) is 24.9 Å². The number of methoxy groups -OCH3 is 2. The molecule has 1 amide bonds. The smallest absolute Gasteiger partial charge is 0.266 e. The molecule has 0 radical (unpaired) electrons. The molecule has 2 N–H and O–H groups in total. The van der Waals surface area contributed by atoms with Gasteiger partial charge in [-0.15, -0.1) is 11.3 Å². The van der Waals surface area contributed by atoms with Gasteiger partial charge >= 0.3 is 0 Å². The average Bonchev–Trinajstić information content (AvgIpc) is 3.15. The van der Waals surface area contributed by atoms with E-state index in [1.165, 1.54) is 11.3 Å². The maximum Gasteiger partial charge on any atom is 0.266 e. The molecular weight excluding hydrogens is 460 g/mol. The van der Waals surface area contributed by atoms with E-state index in [1.54, 1.807) is 20.3 Å². The molecule has 4 rings (SSSR count). The summed E-state index contributed by atoms with van der Waals surface area (Å²) in [7, 11) is 3.12.